The molecular formula is C25H28F5N5O2. The Morgan fingerprint density at radius 1 is 1.16 bits per heavy atom. The van der Waals surface area contributed by atoms with Gasteiger partial charge < -0.3 is 20.1 Å². The van der Waals surface area contributed by atoms with Crippen molar-refractivity contribution in [2.24, 2.45) is 5.41 Å². The van der Waals surface area contributed by atoms with Crippen molar-refractivity contribution in [3.63, 3.8) is 0 Å². The number of benzene rings is 1. The number of likely N-dealkylation sites (tertiary alicyclic amines) is 1. The number of amides is 3. The number of hydrogen-bond acceptors (Lipinski definition) is 3. The van der Waals surface area contributed by atoms with Crippen LogP contribution in [0, 0.1) is 17.0 Å². The van der Waals surface area contributed by atoms with Crippen LogP contribution >= 0.6 is 0 Å². The first-order chi connectivity index (χ1) is 17.6. The zero-order valence-corrected chi connectivity index (χ0v) is 20.1. The van der Waals surface area contributed by atoms with E-state index >= 15 is 0 Å². The number of carbonyl (C=O) groups is 2. The summed E-state index contributed by atoms with van der Waals surface area (Å²) < 4.78 is 69.8. The van der Waals surface area contributed by atoms with Gasteiger partial charge in [0.05, 0.1) is 17.9 Å². The number of fused-ring (bicyclic) bond motifs is 1. The van der Waals surface area contributed by atoms with Gasteiger partial charge >= 0.3 is 12.2 Å². The third kappa shape index (κ3) is 5.02. The molecule has 1 aromatic heterocycles. The fourth-order valence-electron chi connectivity index (χ4n) is 5.87. The van der Waals surface area contributed by atoms with Crippen LogP contribution in [0.5, 0.6) is 0 Å². The van der Waals surface area contributed by atoms with Crippen LogP contribution in [0.1, 0.15) is 61.1 Å². The van der Waals surface area contributed by atoms with Gasteiger partial charge in [0, 0.05) is 44.0 Å². The van der Waals surface area contributed by atoms with Gasteiger partial charge in [-0.1, -0.05) is 12.1 Å². The smallest absolute Gasteiger partial charge is 0.356 e. The summed E-state index contributed by atoms with van der Waals surface area (Å²) in [5.74, 6) is -2.37. The molecule has 2 N–H and O–H groups in total. The molecule has 0 radical (unpaired) electrons. The van der Waals surface area contributed by atoms with Crippen molar-refractivity contribution >= 4 is 11.9 Å². The van der Waals surface area contributed by atoms with Crippen LogP contribution in [0.15, 0.2) is 24.4 Å². The van der Waals surface area contributed by atoms with Crippen molar-refractivity contribution in [1.82, 2.24) is 25.1 Å². The Balaban J connectivity index is 1.37. The number of halogens is 5. The number of nitrogens with zero attached hydrogens (tertiary/aromatic N) is 3. The van der Waals surface area contributed by atoms with Crippen LogP contribution in [-0.4, -0.2) is 52.2 Å². The highest BCUT2D eigenvalue weighted by Crippen LogP contribution is 2.39. The Labute approximate surface area is 210 Å². The first kappa shape index (κ1) is 25.5. The van der Waals surface area contributed by atoms with Crippen LogP contribution < -0.4 is 10.6 Å². The third-order valence-electron chi connectivity index (χ3n) is 7.97. The summed E-state index contributed by atoms with van der Waals surface area (Å²) in [5.41, 5.74) is -0.456. The lowest BCUT2D eigenvalue weighted by Crippen LogP contribution is -2.50. The zero-order valence-electron chi connectivity index (χ0n) is 20.1. The minimum absolute atomic E-state index is 0.0190. The van der Waals surface area contributed by atoms with E-state index in [1.807, 2.05) is 0 Å². The Hall–Kier alpha value is -3.18. The Bertz CT molecular complexity index is 1190. The number of rotatable bonds is 3. The number of piperidine rings is 1. The number of alkyl halides is 3. The second-order valence-corrected chi connectivity index (χ2v) is 10.2. The number of nitrogens with one attached hydrogen (secondary N) is 2. The Morgan fingerprint density at radius 2 is 1.92 bits per heavy atom. The third-order valence-corrected chi connectivity index (χ3v) is 7.97. The molecule has 0 bridgehead atoms. The summed E-state index contributed by atoms with van der Waals surface area (Å²) in [6.45, 7) is 1.38. The van der Waals surface area contributed by atoms with Gasteiger partial charge in [-0.15, -0.1) is 0 Å². The average Bonchev–Trinajstić information content (AvgIpc) is 3.33. The van der Waals surface area contributed by atoms with Gasteiger partial charge in [0.2, 0.25) is 5.91 Å². The molecule has 1 spiro atoms. The summed E-state index contributed by atoms with van der Waals surface area (Å²) in [6, 6.07) is 2.71. The van der Waals surface area contributed by atoms with Crippen LogP contribution in [0.25, 0.3) is 0 Å². The van der Waals surface area contributed by atoms with E-state index in [4.69, 9.17) is 0 Å². The van der Waals surface area contributed by atoms with Crippen LogP contribution in [0.4, 0.5) is 26.7 Å². The van der Waals surface area contributed by atoms with Crippen LogP contribution in [0.2, 0.25) is 0 Å². The van der Waals surface area contributed by atoms with Gasteiger partial charge in [0.15, 0.2) is 11.6 Å². The number of hydrogen-bond donors (Lipinski definition) is 2. The number of urea groups is 1. The number of aromatic nitrogens is 2. The molecule has 2 atom stereocenters. The van der Waals surface area contributed by atoms with Crippen molar-refractivity contribution < 1.29 is 31.5 Å². The molecule has 12 heteroatoms. The van der Waals surface area contributed by atoms with Crippen molar-refractivity contribution in [1.29, 1.82) is 0 Å². The first-order valence-electron chi connectivity index (χ1n) is 12.4. The van der Waals surface area contributed by atoms with E-state index < -0.39 is 41.6 Å². The Kier molecular flexibility index (Phi) is 6.61. The molecule has 3 aliphatic rings. The fourth-order valence-corrected chi connectivity index (χ4v) is 5.87. The molecule has 5 rings (SSSR count). The van der Waals surface area contributed by atoms with E-state index in [9.17, 15) is 31.5 Å². The molecular weight excluding hydrogens is 497 g/mol. The average molecular weight is 526 g/mol. The lowest BCUT2D eigenvalue weighted by Gasteiger charge is -2.37. The largest absolute Gasteiger partial charge is 0.394 e. The SMILES string of the molecule is O=C(N[C@@H]1CC[C@@H](c2cccc(F)c2F)Cn2c(CC(F)(F)F)cnc21)N1CCC2(CCNC2=O)CC1. The summed E-state index contributed by atoms with van der Waals surface area (Å²) in [6.07, 6.45) is -2.16. The molecule has 200 valence electrons. The van der Waals surface area contributed by atoms with Gasteiger partial charge in [-0.25, -0.2) is 18.6 Å². The topological polar surface area (TPSA) is 79.3 Å². The lowest BCUT2D eigenvalue weighted by molar-refractivity contribution is -0.130. The second kappa shape index (κ2) is 9.60. The molecule has 3 aliphatic heterocycles. The number of carbonyl (C=O) groups excluding carboxylic acids is 2. The second-order valence-electron chi connectivity index (χ2n) is 10.2. The molecule has 0 unspecified atom stereocenters. The Morgan fingerprint density at radius 3 is 2.59 bits per heavy atom. The predicted octanol–water partition coefficient (Wildman–Crippen LogP) is 4.20. The van der Waals surface area contributed by atoms with Crippen molar-refractivity contribution in [3.8, 4) is 0 Å². The first-order valence-corrected chi connectivity index (χ1v) is 12.4. The highest BCUT2D eigenvalue weighted by molar-refractivity contribution is 5.85. The maximum atomic E-state index is 14.6. The van der Waals surface area contributed by atoms with Crippen molar-refractivity contribution in [2.45, 2.75) is 63.2 Å². The molecule has 2 saturated heterocycles. The van der Waals surface area contributed by atoms with Gasteiger partial charge in [-0.2, -0.15) is 13.2 Å². The van der Waals surface area contributed by atoms with E-state index in [1.54, 1.807) is 4.90 Å². The number of imidazole rings is 1. The van der Waals surface area contributed by atoms with Crippen LogP contribution in [-0.2, 0) is 17.8 Å². The van der Waals surface area contributed by atoms with E-state index in [1.165, 1.54) is 16.7 Å². The zero-order chi connectivity index (χ0) is 26.4. The van der Waals surface area contributed by atoms with E-state index in [2.05, 4.69) is 15.6 Å². The summed E-state index contributed by atoms with van der Waals surface area (Å²) in [5, 5.41) is 5.76. The molecule has 1 aromatic carbocycles. The van der Waals surface area contributed by atoms with Gasteiger partial charge in [0.1, 0.15) is 5.82 Å². The predicted molar refractivity (Wildman–Crippen MR) is 122 cm³/mol. The molecule has 3 amide bonds. The quantitative estimate of drug-likeness (QED) is 0.590. The minimum atomic E-state index is -4.49. The molecule has 0 saturated carbocycles. The minimum Gasteiger partial charge on any atom is -0.356 e. The molecule has 4 heterocycles. The summed E-state index contributed by atoms with van der Waals surface area (Å²) in [4.78, 5) is 31.2. The monoisotopic (exact) mass is 525 g/mol. The molecule has 2 fully saturated rings. The highest BCUT2D eigenvalue weighted by Gasteiger charge is 2.45. The van der Waals surface area contributed by atoms with Crippen molar-refractivity contribution in [2.75, 3.05) is 19.6 Å². The van der Waals surface area contributed by atoms with Crippen molar-refractivity contribution in [3.05, 3.63) is 53.1 Å². The van der Waals surface area contributed by atoms with Gasteiger partial charge in [0.25, 0.3) is 0 Å². The van der Waals surface area contributed by atoms with E-state index in [-0.39, 0.29) is 42.0 Å². The van der Waals surface area contributed by atoms with Gasteiger partial charge in [-0.05, 0) is 43.7 Å². The van der Waals surface area contributed by atoms with Crippen LogP contribution in [0.3, 0.4) is 0 Å². The summed E-state index contributed by atoms with van der Waals surface area (Å²) in [7, 11) is 0. The van der Waals surface area contributed by atoms with E-state index in [0.717, 1.165) is 18.7 Å². The molecule has 0 aliphatic carbocycles. The molecule has 37 heavy (non-hydrogen) atoms. The molecule has 2 aromatic rings. The standard InChI is InChI=1S/C25H28F5N5O2/c26-18-3-1-2-17(20(18)27)15-4-5-19(21-32-13-16(35(21)14-15)12-25(28,29)30)33-23(37)34-10-7-24(8-11-34)6-9-31-22(24)36/h1-3,13,15,19H,4-12,14H2,(H,31,36)(H,33,37)/t15-,19-/m1/s1. The summed E-state index contributed by atoms with van der Waals surface area (Å²) >= 11 is 0. The van der Waals surface area contributed by atoms with Gasteiger partial charge in [-0.3, -0.25) is 4.79 Å². The van der Waals surface area contributed by atoms with E-state index in [0.29, 0.717) is 38.9 Å². The lowest BCUT2D eigenvalue weighted by atomic mass is 9.77. The molecule has 7 nitrogen and oxygen atoms in total. The highest BCUT2D eigenvalue weighted by atomic mass is 19.4. The normalized spacial score (nSPS) is 23.5. The maximum Gasteiger partial charge on any atom is 0.394 e. The maximum absolute atomic E-state index is 14.6. The fraction of sp³-hybridized carbons (Fsp3) is 0.560.